The molecule has 0 N–H and O–H groups in total. The van der Waals surface area contributed by atoms with Gasteiger partial charge in [-0.3, -0.25) is 0 Å². The Bertz CT molecular complexity index is 567. The Labute approximate surface area is 108 Å². The number of carbonyl (C=O) groups is 1. The van der Waals surface area contributed by atoms with Crippen molar-refractivity contribution in [2.45, 2.75) is 13.5 Å². The maximum Gasteiger partial charge on any atom is 0.377 e. The molecule has 0 saturated heterocycles. The molecule has 0 bridgehead atoms. The molecule has 0 spiro atoms. The fourth-order valence-electron chi connectivity index (χ4n) is 1.39. The number of para-hydroxylation sites is 1. The largest absolute Gasteiger partial charge is 0.484 e. The average molecular weight is 265 g/mol. The number of halogens is 1. The molecule has 0 atom stereocenters. The minimum absolute atomic E-state index is 0.00381. The lowest BCUT2D eigenvalue weighted by molar-refractivity contribution is 0.0479. The molecular weight excluding hydrogens is 253 g/mol. The molecule has 2 aromatic rings. The van der Waals surface area contributed by atoms with Gasteiger partial charge in [0.05, 0.1) is 6.61 Å². The second-order valence-electron chi connectivity index (χ2n) is 3.62. The van der Waals surface area contributed by atoms with Crippen LogP contribution in [0.3, 0.4) is 0 Å². The van der Waals surface area contributed by atoms with Crippen LogP contribution in [0.25, 0.3) is 0 Å². The Morgan fingerprint density at radius 2 is 2.21 bits per heavy atom. The molecule has 0 aliphatic carbocycles. The van der Waals surface area contributed by atoms with Crippen LogP contribution in [0.15, 0.2) is 34.9 Å². The van der Waals surface area contributed by atoms with Gasteiger partial charge in [0, 0.05) is 6.07 Å². The summed E-state index contributed by atoms with van der Waals surface area (Å²) in [5, 5.41) is 3.64. The van der Waals surface area contributed by atoms with Crippen LogP contribution in [0, 0.1) is 5.82 Å². The maximum atomic E-state index is 13.3. The number of nitrogens with zero attached hydrogens (tertiary/aromatic N) is 1. The summed E-state index contributed by atoms with van der Waals surface area (Å²) in [6.07, 6.45) is 0. The predicted octanol–water partition coefficient (Wildman–Crippen LogP) is 2.57. The summed E-state index contributed by atoms with van der Waals surface area (Å²) in [6.45, 7) is 1.95. The zero-order chi connectivity index (χ0) is 13.7. The molecule has 0 radical (unpaired) electrons. The van der Waals surface area contributed by atoms with Gasteiger partial charge in [0.2, 0.25) is 5.76 Å². The van der Waals surface area contributed by atoms with Gasteiger partial charge in [0.15, 0.2) is 11.6 Å². The van der Waals surface area contributed by atoms with Gasteiger partial charge < -0.3 is 14.0 Å². The first-order valence-corrected chi connectivity index (χ1v) is 5.70. The Morgan fingerprint density at radius 1 is 1.42 bits per heavy atom. The Kier molecular flexibility index (Phi) is 4.12. The van der Waals surface area contributed by atoms with Gasteiger partial charge in [-0.25, -0.2) is 9.18 Å². The number of carbonyl (C=O) groups excluding carboxylic acids is 1. The molecule has 0 fully saturated rings. The van der Waals surface area contributed by atoms with Crippen molar-refractivity contribution in [3.8, 4) is 5.75 Å². The minimum atomic E-state index is -0.591. The predicted molar refractivity (Wildman–Crippen MR) is 63.2 cm³/mol. The lowest BCUT2D eigenvalue weighted by Gasteiger charge is -2.03. The molecule has 19 heavy (non-hydrogen) atoms. The number of esters is 1. The third kappa shape index (κ3) is 3.31. The lowest BCUT2D eigenvalue weighted by Crippen LogP contribution is -2.02. The van der Waals surface area contributed by atoms with Crippen molar-refractivity contribution in [2.24, 2.45) is 0 Å². The summed E-state index contributed by atoms with van der Waals surface area (Å²) < 4.78 is 28.1. The standard InChI is InChI=1S/C13H12FNO4/c1-2-17-13(16)12-7-9(15-19-12)8-18-11-6-4-3-5-10(11)14/h3-7H,2,8H2,1H3. The number of aromatic nitrogens is 1. The zero-order valence-electron chi connectivity index (χ0n) is 10.3. The molecule has 0 aliphatic rings. The quantitative estimate of drug-likeness (QED) is 0.777. The first kappa shape index (κ1) is 13.1. The fourth-order valence-corrected chi connectivity index (χ4v) is 1.39. The highest BCUT2D eigenvalue weighted by Crippen LogP contribution is 2.17. The summed E-state index contributed by atoms with van der Waals surface area (Å²) in [6, 6.07) is 7.42. The molecule has 0 aliphatic heterocycles. The normalized spacial score (nSPS) is 10.2. The van der Waals surface area contributed by atoms with E-state index in [1.165, 1.54) is 18.2 Å². The van der Waals surface area contributed by atoms with Crippen LogP contribution in [0.5, 0.6) is 5.75 Å². The van der Waals surface area contributed by atoms with Gasteiger partial charge in [-0.15, -0.1) is 0 Å². The first-order chi connectivity index (χ1) is 9.20. The SMILES string of the molecule is CCOC(=O)c1cc(COc2ccccc2F)no1. The highest BCUT2D eigenvalue weighted by atomic mass is 19.1. The van der Waals surface area contributed by atoms with Crippen molar-refractivity contribution < 1.29 is 23.2 Å². The average Bonchev–Trinajstić information content (AvgIpc) is 2.87. The van der Waals surface area contributed by atoms with Crippen molar-refractivity contribution in [1.29, 1.82) is 0 Å². The van der Waals surface area contributed by atoms with E-state index in [2.05, 4.69) is 5.16 Å². The fraction of sp³-hybridized carbons (Fsp3) is 0.231. The highest BCUT2D eigenvalue weighted by molar-refractivity contribution is 5.86. The van der Waals surface area contributed by atoms with Gasteiger partial charge in [-0.05, 0) is 19.1 Å². The number of rotatable bonds is 5. The van der Waals surface area contributed by atoms with E-state index < -0.39 is 11.8 Å². The summed E-state index contributed by atoms with van der Waals surface area (Å²) >= 11 is 0. The van der Waals surface area contributed by atoms with Crippen molar-refractivity contribution >= 4 is 5.97 Å². The van der Waals surface area contributed by atoms with E-state index in [-0.39, 0.29) is 24.7 Å². The van der Waals surface area contributed by atoms with Gasteiger partial charge in [-0.2, -0.15) is 0 Å². The molecule has 1 aromatic carbocycles. The lowest BCUT2D eigenvalue weighted by atomic mass is 10.3. The summed E-state index contributed by atoms with van der Waals surface area (Å²) in [7, 11) is 0. The molecule has 2 rings (SSSR count). The number of hydrogen-bond acceptors (Lipinski definition) is 5. The molecule has 0 saturated carbocycles. The summed E-state index contributed by atoms with van der Waals surface area (Å²) in [5.41, 5.74) is 0.381. The van der Waals surface area contributed by atoms with E-state index in [0.29, 0.717) is 5.69 Å². The van der Waals surface area contributed by atoms with Gasteiger partial charge >= 0.3 is 5.97 Å². The van der Waals surface area contributed by atoms with E-state index in [9.17, 15) is 9.18 Å². The molecule has 0 unspecified atom stereocenters. The third-order valence-electron chi connectivity index (χ3n) is 2.25. The van der Waals surface area contributed by atoms with Gasteiger partial charge in [0.25, 0.3) is 0 Å². The van der Waals surface area contributed by atoms with E-state index in [1.54, 1.807) is 19.1 Å². The smallest absolute Gasteiger partial charge is 0.377 e. The van der Waals surface area contributed by atoms with E-state index in [1.807, 2.05) is 0 Å². The zero-order valence-corrected chi connectivity index (χ0v) is 10.3. The Hall–Kier alpha value is -2.37. The van der Waals surface area contributed by atoms with E-state index >= 15 is 0 Å². The topological polar surface area (TPSA) is 61.6 Å². The van der Waals surface area contributed by atoms with Crippen molar-refractivity contribution in [3.63, 3.8) is 0 Å². The molecule has 6 heteroatoms. The van der Waals surface area contributed by atoms with Gasteiger partial charge in [-0.1, -0.05) is 17.3 Å². The van der Waals surface area contributed by atoms with Crippen LogP contribution in [-0.4, -0.2) is 17.7 Å². The maximum absolute atomic E-state index is 13.3. The van der Waals surface area contributed by atoms with Crippen LogP contribution in [-0.2, 0) is 11.3 Å². The van der Waals surface area contributed by atoms with Crippen LogP contribution in [0.4, 0.5) is 4.39 Å². The Morgan fingerprint density at radius 3 is 2.95 bits per heavy atom. The first-order valence-electron chi connectivity index (χ1n) is 5.70. The highest BCUT2D eigenvalue weighted by Gasteiger charge is 2.14. The number of benzene rings is 1. The molecule has 0 amide bonds. The summed E-state index contributed by atoms with van der Waals surface area (Å²) in [5.74, 6) is -0.944. The van der Waals surface area contributed by atoms with Crippen LogP contribution < -0.4 is 4.74 Å². The van der Waals surface area contributed by atoms with Crippen molar-refractivity contribution in [1.82, 2.24) is 5.16 Å². The van der Waals surface area contributed by atoms with Gasteiger partial charge in [0.1, 0.15) is 12.3 Å². The molecule has 1 aromatic heterocycles. The minimum Gasteiger partial charge on any atom is -0.484 e. The molecule has 5 nitrogen and oxygen atoms in total. The third-order valence-corrected chi connectivity index (χ3v) is 2.25. The van der Waals surface area contributed by atoms with E-state index in [0.717, 1.165) is 0 Å². The van der Waals surface area contributed by atoms with Crippen LogP contribution in [0.2, 0.25) is 0 Å². The number of hydrogen-bond donors (Lipinski definition) is 0. The molecule has 1 heterocycles. The van der Waals surface area contributed by atoms with Crippen molar-refractivity contribution in [2.75, 3.05) is 6.61 Å². The van der Waals surface area contributed by atoms with E-state index in [4.69, 9.17) is 14.0 Å². The van der Waals surface area contributed by atoms with Crippen molar-refractivity contribution in [3.05, 3.63) is 47.6 Å². The second-order valence-corrected chi connectivity index (χ2v) is 3.62. The summed E-state index contributed by atoms with van der Waals surface area (Å²) in [4.78, 5) is 11.3. The monoisotopic (exact) mass is 265 g/mol. The number of ether oxygens (including phenoxy) is 2. The van der Waals surface area contributed by atoms with Crippen LogP contribution >= 0.6 is 0 Å². The Balaban J connectivity index is 1.97. The molecule has 100 valence electrons. The molecular formula is C13H12FNO4. The van der Waals surface area contributed by atoms with Crippen LogP contribution in [0.1, 0.15) is 23.2 Å². The second kappa shape index (κ2) is 5.99.